The van der Waals surface area contributed by atoms with Gasteiger partial charge in [0.25, 0.3) is 0 Å². The Morgan fingerprint density at radius 1 is 1.19 bits per heavy atom. The number of fused-ring (bicyclic) bond motifs is 1. The van der Waals surface area contributed by atoms with Crippen molar-refractivity contribution in [3.05, 3.63) is 47.5 Å². The lowest BCUT2D eigenvalue weighted by Gasteiger charge is -2.52. The highest BCUT2D eigenvalue weighted by atomic mass is 16.6. The molecule has 42 heavy (non-hydrogen) atoms. The molecule has 0 radical (unpaired) electrons. The monoisotopic (exact) mass is 584 g/mol. The predicted molar refractivity (Wildman–Crippen MR) is 148 cm³/mol. The Labute approximate surface area is 245 Å². The van der Waals surface area contributed by atoms with E-state index in [1.165, 1.54) is 19.6 Å². The molecule has 7 atom stereocenters. The number of allylic oxidation sites excluding steroid dienone is 1. The molecular weight excluding hydrogens is 544 g/mol. The van der Waals surface area contributed by atoms with Gasteiger partial charge in [-0.1, -0.05) is 47.6 Å². The summed E-state index contributed by atoms with van der Waals surface area (Å²) in [6.45, 7) is 10.5. The first-order chi connectivity index (χ1) is 19.6. The van der Waals surface area contributed by atoms with E-state index in [9.17, 15) is 29.1 Å². The number of hydrogen-bond acceptors (Lipinski definition) is 10. The molecule has 1 N–H and O–H groups in total. The number of esters is 3. The van der Waals surface area contributed by atoms with Gasteiger partial charge < -0.3 is 23.7 Å². The van der Waals surface area contributed by atoms with Gasteiger partial charge in [-0.3, -0.25) is 19.2 Å². The third-order valence-corrected chi connectivity index (χ3v) is 9.55. The summed E-state index contributed by atoms with van der Waals surface area (Å²) in [5.41, 5.74) is -3.92. The predicted octanol–water partition coefficient (Wildman–Crippen LogP) is 4.21. The standard InChI is InChI=1S/C32H40O10/c1-8-17(2)29(37)42-28(20-15-30(4,5)21(13-24(34)39-7)18(3)26(20)36)32(38)22-14-25(35)41-27(19-10-12-40-16-19)31(22,6)11-9-23(32)33/h10,12,14-18,21,27-28,38H,8-9,11,13H2,1-7H3. The van der Waals surface area contributed by atoms with E-state index in [2.05, 4.69) is 0 Å². The molecule has 0 spiro atoms. The average Bonchev–Trinajstić information content (AvgIpc) is 3.49. The van der Waals surface area contributed by atoms with Gasteiger partial charge in [-0.15, -0.1) is 0 Å². The molecule has 3 aliphatic rings. The smallest absolute Gasteiger partial charge is 0.331 e. The summed E-state index contributed by atoms with van der Waals surface area (Å²) in [5, 5.41) is 12.6. The molecule has 10 heteroatoms. The first kappa shape index (κ1) is 31.4. The number of cyclic esters (lactones) is 1. The van der Waals surface area contributed by atoms with E-state index in [-0.39, 0.29) is 30.4 Å². The van der Waals surface area contributed by atoms with Crippen LogP contribution in [0.3, 0.4) is 0 Å². The summed E-state index contributed by atoms with van der Waals surface area (Å²) in [5.74, 6) is -4.89. The third kappa shape index (κ3) is 5.14. The largest absolute Gasteiger partial charge is 0.472 e. The lowest BCUT2D eigenvalue weighted by Crippen LogP contribution is -2.63. The summed E-state index contributed by atoms with van der Waals surface area (Å²) in [6.07, 6.45) is 3.40. The zero-order valence-corrected chi connectivity index (χ0v) is 25.2. The maximum atomic E-state index is 14.0. The Bertz CT molecular complexity index is 1330. The quantitative estimate of drug-likeness (QED) is 0.348. The van der Waals surface area contributed by atoms with E-state index < -0.39 is 75.9 Å². The van der Waals surface area contributed by atoms with Crippen molar-refractivity contribution < 1.29 is 47.7 Å². The topological polar surface area (TPSA) is 146 Å². The van der Waals surface area contributed by atoms with E-state index >= 15 is 0 Å². The van der Waals surface area contributed by atoms with E-state index in [0.717, 1.165) is 6.08 Å². The Balaban J connectivity index is 1.92. The lowest BCUT2D eigenvalue weighted by atomic mass is 9.56. The van der Waals surface area contributed by atoms with Gasteiger partial charge in [0.05, 0.1) is 25.6 Å². The van der Waals surface area contributed by atoms with Crippen LogP contribution in [0.15, 0.2) is 46.3 Å². The molecule has 10 nitrogen and oxygen atoms in total. The van der Waals surface area contributed by atoms with E-state index in [1.807, 2.05) is 13.8 Å². The fourth-order valence-electron chi connectivity index (χ4n) is 6.73. The maximum absolute atomic E-state index is 14.0. The Morgan fingerprint density at radius 3 is 2.48 bits per heavy atom. The van der Waals surface area contributed by atoms with E-state index in [4.69, 9.17) is 18.6 Å². The van der Waals surface area contributed by atoms with Gasteiger partial charge in [-0.05, 0) is 35.8 Å². The zero-order chi connectivity index (χ0) is 31.2. The number of ketones is 2. The van der Waals surface area contributed by atoms with Crippen LogP contribution in [0.1, 0.15) is 78.9 Å². The summed E-state index contributed by atoms with van der Waals surface area (Å²) < 4.78 is 21.7. The minimum Gasteiger partial charge on any atom is -0.472 e. The minimum atomic E-state index is -2.54. The molecule has 0 saturated heterocycles. The molecule has 1 saturated carbocycles. The van der Waals surface area contributed by atoms with Crippen LogP contribution in [0.2, 0.25) is 0 Å². The van der Waals surface area contributed by atoms with Gasteiger partial charge in [0.2, 0.25) is 0 Å². The van der Waals surface area contributed by atoms with Gasteiger partial charge in [0, 0.05) is 41.4 Å². The second-order valence-corrected chi connectivity index (χ2v) is 12.6. The van der Waals surface area contributed by atoms with Crippen molar-refractivity contribution in [1.29, 1.82) is 0 Å². The number of aliphatic hydroxyl groups is 1. The van der Waals surface area contributed by atoms with Gasteiger partial charge in [-0.2, -0.15) is 0 Å². The fourth-order valence-corrected chi connectivity index (χ4v) is 6.73. The van der Waals surface area contributed by atoms with Crippen LogP contribution in [-0.2, 0) is 38.2 Å². The zero-order valence-electron chi connectivity index (χ0n) is 25.2. The lowest BCUT2D eigenvalue weighted by molar-refractivity contribution is -0.176. The second kappa shape index (κ2) is 11.3. The summed E-state index contributed by atoms with van der Waals surface area (Å²) >= 11 is 0. The number of rotatable bonds is 8. The highest BCUT2D eigenvalue weighted by Gasteiger charge is 2.64. The molecule has 2 heterocycles. The van der Waals surface area contributed by atoms with Crippen molar-refractivity contribution in [3.8, 4) is 0 Å². The highest BCUT2D eigenvalue weighted by Crippen LogP contribution is 2.58. The fraction of sp³-hybridized carbons (Fsp3) is 0.594. The van der Waals surface area contributed by atoms with Crippen molar-refractivity contribution >= 4 is 29.5 Å². The van der Waals surface area contributed by atoms with Crippen molar-refractivity contribution in [2.75, 3.05) is 7.11 Å². The molecule has 1 aromatic heterocycles. The van der Waals surface area contributed by atoms with Gasteiger partial charge in [0.1, 0.15) is 6.10 Å². The average molecular weight is 585 g/mol. The Hall–Kier alpha value is -3.53. The van der Waals surface area contributed by atoms with Gasteiger partial charge in [-0.25, -0.2) is 4.79 Å². The highest BCUT2D eigenvalue weighted by molar-refractivity contribution is 6.04. The van der Waals surface area contributed by atoms with E-state index in [0.29, 0.717) is 12.0 Å². The molecule has 0 bridgehead atoms. The van der Waals surface area contributed by atoms with Crippen LogP contribution in [0.5, 0.6) is 0 Å². The van der Waals surface area contributed by atoms with Crippen molar-refractivity contribution in [1.82, 2.24) is 0 Å². The molecule has 0 aromatic carbocycles. The summed E-state index contributed by atoms with van der Waals surface area (Å²) in [7, 11) is 1.28. The van der Waals surface area contributed by atoms with Crippen LogP contribution in [0.25, 0.3) is 0 Å². The number of methoxy groups -OCH3 is 1. The van der Waals surface area contributed by atoms with Crippen LogP contribution < -0.4 is 0 Å². The first-order valence-electron chi connectivity index (χ1n) is 14.4. The Kier molecular flexibility index (Phi) is 8.43. The molecule has 1 aromatic rings. The van der Waals surface area contributed by atoms with Crippen molar-refractivity contribution in [2.24, 2.45) is 28.6 Å². The van der Waals surface area contributed by atoms with Crippen LogP contribution in [-0.4, -0.2) is 53.4 Å². The Morgan fingerprint density at radius 2 is 1.88 bits per heavy atom. The van der Waals surface area contributed by atoms with Gasteiger partial charge in [0.15, 0.2) is 23.3 Å². The number of ether oxygens (including phenoxy) is 3. The number of carbonyl (C=O) groups excluding carboxylic acids is 5. The van der Waals surface area contributed by atoms with Crippen LogP contribution in [0.4, 0.5) is 0 Å². The second-order valence-electron chi connectivity index (χ2n) is 12.6. The molecule has 228 valence electrons. The molecule has 0 amide bonds. The molecule has 1 fully saturated rings. The third-order valence-electron chi connectivity index (χ3n) is 9.55. The van der Waals surface area contributed by atoms with Crippen LogP contribution in [0, 0.1) is 28.6 Å². The molecule has 7 unspecified atom stereocenters. The number of furan rings is 1. The SMILES string of the molecule is CCC(C)C(=O)OC(C1=CC(C)(C)C(CC(=O)OC)C(C)C1=O)C1(O)C(=O)CCC2(C)C1=CC(=O)OC2c1ccoc1. The maximum Gasteiger partial charge on any atom is 0.331 e. The van der Waals surface area contributed by atoms with Gasteiger partial charge >= 0.3 is 17.9 Å². The molecular formula is C32H40O10. The minimum absolute atomic E-state index is 0.0199. The van der Waals surface area contributed by atoms with Crippen molar-refractivity contribution in [2.45, 2.75) is 85.0 Å². The number of carbonyl (C=O) groups is 5. The van der Waals surface area contributed by atoms with E-state index in [1.54, 1.807) is 39.8 Å². The van der Waals surface area contributed by atoms with Crippen LogP contribution >= 0.6 is 0 Å². The molecule has 4 rings (SSSR count). The first-order valence-corrected chi connectivity index (χ1v) is 14.4. The number of hydrogen-bond donors (Lipinski definition) is 1. The summed E-state index contributed by atoms with van der Waals surface area (Å²) in [4.78, 5) is 66.4. The summed E-state index contributed by atoms with van der Waals surface area (Å²) in [6, 6.07) is 1.64. The molecule has 1 aliphatic heterocycles. The normalized spacial score (nSPS) is 32.1. The molecule has 2 aliphatic carbocycles. The number of Topliss-reactive ketones (excluding diaryl/α,β-unsaturated/α-hetero) is 2. The van der Waals surface area contributed by atoms with Crippen molar-refractivity contribution in [3.63, 3.8) is 0 Å².